The molecule has 2 aliphatic rings. The Bertz CT molecular complexity index is 1080. The fourth-order valence-electron chi connectivity index (χ4n) is 4.51. The minimum absolute atomic E-state index is 0.0740. The summed E-state index contributed by atoms with van der Waals surface area (Å²) in [7, 11) is 1.77. The number of carbonyl (C=O) groups excluding carboxylic acids is 2. The topological polar surface area (TPSA) is 80.6 Å². The van der Waals surface area contributed by atoms with Gasteiger partial charge in [-0.25, -0.2) is 0 Å². The first-order chi connectivity index (χ1) is 15.1. The summed E-state index contributed by atoms with van der Waals surface area (Å²) in [6.45, 7) is 2.07. The maximum absolute atomic E-state index is 13.8. The molecule has 0 unspecified atom stereocenters. The molecule has 2 amide bonds. The lowest BCUT2D eigenvalue weighted by atomic mass is 9.83. The molecule has 31 heavy (non-hydrogen) atoms. The van der Waals surface area contributed by atoms with Crippen LogP contribution in [0, 0.1) is 0 Å². The summed E-state index contributed by atoms with van der Waals surface area (Å²) >= 11 is 1.62. The Labute approximate surface area is 184 Å². The van der Waals surface area contributed by atoms with Crippen molar-refractivity contribution >= 4 is 23.2 Å². The van der Waals surface area contributed by atoms with Crippen molar-refractivity contribution in [1.82, 2.24) is 24.6 Å². The number of aromatic nitrogens is 3. The number of hydrogen-bond donors (Lipinski definition) is 0. The number of rotatable bonds is 4. The smallest absolute Gasteiger partial charge is 0.274 e. The van der Waals surface area contributed by atoms with Crippen molar-refractivity contribution in [2.24, 2.45) is 7.05 Å². The minimum atomic E-state index is -1.12. The highest BCUT2D eigenvalue weighted by Gasteiger charge is 2.58. The lowest BCUT2D eigenvalue weighted by Gasteiger charge is -2.42. The highest BCUT2D eigenvalue weighted by Crippen LogP contribution is 2.42. The van der Waals surface area contributed by atoms with E-state index in [4.69, 9.17) is 4.74 Å². The van der Waals surface area contributed by atoms with E-state index in [9.17, 15) is 9.59 Å². The normalized spacial score (nSPS) is 23.6. The molecule has 0 aromatic carbocycles. The Hall–Kier alpha value is -3.04. The Morgan fingerprint density at radius 3 is 2.97 bits per heavy atom. The first-order valence-corrected chi connectivity index (χ1v) is 11.1. The van der Waals surface area contributed by atoms with Gasteiger partial charge in [0.2, 0.25) is 0 Å². The molecule has 0 saturated carbocycles. The van der Waals surface area contributed by atoms with Gasteiger partial charge in [-0.3, -0.25) is 19.3 Å². The molecule has 3 aromatic rings. The van der Waals surface area contributed by atoms with Crippen LogP contribution in [0.3, 0.4) is 0 Å². The molecule has 0 radical (unpaired) electrons. The number of pyridine rings is 1. The van der Waals surface area contributed by atoms with Crippen LogP contribution < -0.4 is 0 Å². The highest BCUT2D eigenvalue weighted by atomic mass is 32.1. The molecule has 2 aliphatic heterocycles. The molecule has 3 aromatic heterocycles. The van der Waals surface area contributed by atoms with E-state index in [1.54, 1.807) is 52.6 Å². The second-order valence-electron chi connectivity index (χ2n) is 8.00. The van der Waals surface area contributed by atoms with E-state index in [0.717, 1.165) is 11.1 Å². The lowest BCUT2D eigenvalue weighted by Crippen LogP contribution is -2.60. The maximum Gasteiger partial charge on any atom is 0.274 e. The Kier molecular flexibility index (Phi) is 5.07. The molecule has 2 atom stereocenters. The second kappa shape index (κ2) is 7.90. The van der Waals surface area contributed by atoms with E-state index < -0.39 is 5.60 Å². The number of aryl methyl sites for hydroxylation is 1. The third-order valence-electron chi connectivity index (χ3n) is 6.02. The van der Waals surface area contributed by atoms with E-state index in [2.05, 4.69) is 15.5 Å². The van der Waals surface area contributed by atoms with Crippen LogP contribution in [-0.2, 0) is 23.1 Å². The predicted octanol–water partition coefficient (Wildman–Crippen LogP) is 1.91. The van der Waals surface area contributed by atoms with Gasteiger partial charge in [0.15, 0.2) is 5.60 Å². The van der Waals surface area contributed by atoms with Crippen molar-refractivity contribution in [3.63, 3.8) is 0 Å². The van der Waals surface area contributed by atoms with Crippen LogP contribution in [0.1, 0.15) is 27.5 Å². The average molecular weight is 438 g/mol. The molecule has 8 nitrogen and oxygen atoms in total. The molecule has 2 saturated heterocycles. The summed E-state index contributed by atoms with van der Waals surface area (Å²) in [6.07, 6.45) is 5.20. The number of hydrogen-bond acceptors (Lipinski definition) is 6. The summed E-state index contributed by atoms with van der Waals surface area (Å²) in [5.74, 6) is -0.570. The molecule has 0 bridgehead atoms. The fraction of sp³-hybridized carbons (Fsp3) is 0.364. The molecule has 9 heteroatoms. The molecule has 5 heterocycles. The Morgan fingerprint density at radius 2 is 2.26 bits per heavy atom. The van der Waals surface area contributed by atoms with Crippen molar-refractivity contribution in [3.05, 3.63) is 70.4 Å². The first kappa shape index (κ1) is 19.9. The van der Waals surface area contributed by atoms with Crippen LogP contribution in [0.5, 0.6) is 0 Å². The van der Waals surface area contributed by atoms with Gasteiger partial charge in [-0.05, 0) is 40.1 Å². The van der Waals surface area contributed by atoms with Crippen molar-refractivity contribution < 1.29 is 14.3 Å². The average Bonchev–Trinajstić information content (AvgIpc) is 3.53. The molecule has 160 valence electrons. The largest absolute Gasteiger partial charge is 0.361 e. The molecule has 0 N–H and O–H groups in total. The summed E-state index contributed by atoms with van der Waals surface area (Å²) < 4.78 is 7.84. The van der Waals surface area contributed by atoms with Crippen molar-refractivity contribution in [1.29, 1.82) is 0 Å². The zero-order valence-electron chi connectivity index (χ0n) is 17.2. The highest BCUT2D eigenvalue weighted by molar-refractivity contribution is 7.07. The maximum atomic E-state index is 13.8. The standard InChI is InChI=1S/C22H23N5O3S/c1-25-7-4-19(24-25)20(28)27-13-18(17-3-2-6-23-11-17)22(15-27)21(29)26(8-9-30-22)12-16-5-10-31-14-16/h2-7,10-11,14,18H,8-9,12-13,15H2,1H3/t18-,22+/m0/s1. The van der Waals surface area contributed by atoms with Gasteiger partial charge in [0, 0.05) is 51.2 Å². The van der Waals surface area contributed by atoms with E-state index in [-0.39, 0.29) is 24.3 Å². The van der Waals surface area contributed by atoms with Crippen LogP contribution in [0.25, 0.3) is 0 Å². The third-order valence-corrected chi connectivity index (χ3v) is 6.75. The summed E-state index contributed by atoms with van der Waals surface area (Å²) in [5, 5.41) is 8.31. The number of thiophene rings is 1. The van der Waals surface area contributed by atoms with E-state index in [1.165, 1.54) is 0 Å². The number of nitrogens with zero attached hydrogens (tertiary/aromatic N) is 5. The lowest BCUT2D eigenvalue weighted by molar-refractivity contribution is -0.172. The molecule has 5 rings (SSSR count). The summed E-state index contributed by atoms with van der Waals surface area (Å²) in [5.41, 5.74) is 1.24. The zero-order chi connectivity index (χ0) is 21.4. The third kappa shape index (κ3) is 3.53. The van der Waals surface area contributed by atoms with Gasteiger partial charge in [0.1, 0.15) is 5.69 Å². The Morgan fingerprint density at radius 1 is 1.35 bits per heavy atom. The van der Waals surface area contributed by atoms with Gasteiger partial charge >= 0.3 is 0 Å². The number of ether oxygens (including phenoxy) is 1. The summed E-state index contributed by atoms with van der Waals surface area (Å²) in [6, 6.07) is 7.52. The van der Waals surface area contributed by atoms with Crippen molar-refractivity contribution in [3.8, 4) is 0 Å². The van der Waals surface area contributed by atoms with E-state index >= 15 is 0 Å². The van der Waals surface area contributed by atoms with Crippen LogP contribution >= 0.6 is 11.3 Å². The number of amides is 2. The first-order valence-electron chi connectivity index (χ1n) is 10.2. The van der Waals surface area contributed by atoms with Gasteiger partial charge < -0.3 is 14.5 Å². The van der Waals surface area contributed by atoms with Gasteiger partial charge in [0.25, 0.3) is 11.8 Å². The monoisotopic (exact) mass is 437 g/mol. The quantitative estimate of drug-likeness (QED) is 0.623. The van der Waals surface area contributed by atoms with Crippen LogP contribution in [0.2, 0.25) is 0 Å². The second-order valence-corrected chi connectivity index (χ2v) is 8.78. The number of carbonyl (C=O) groups is 2. The van der Waals surface area contributed by atoms with Gasteiger partial charge in [-0.15, -0.1) is 0 Å². The van der Waals surface area contributed by atoms with Crippen LogP contribution in [-0.4, -0.2) is 68.2 Å². The minimum Gasteiger partial charge on any atom is -0.361 e. The van der Waals surface area contributed by atoms with Crippen LogP contribution in [0.4, 0.5) is 0 Å². The molecule has 1 spiro atoms. The van der Waals surface area contributed by atoms with Crippen molar-refractivity contribution in [2.75, 3.05) is 26.2 Å². The number of likely N-dealkylation sites (tertiary alicyclic amines) is 1. The van der Waals surface area contributed by atoms with Crippen LogP contribution in [0.15, 0.2) is 53.6 Å². The number of morpholine rings is 1. The molecule has 2 fully saturated rings. The summed E-state index contributed by atoms with van der Waals surface area (Å²) in [4.78, 5) is 34.7. The fourth-order valence-corrected chi connectivity index (χ4v) is 5.17. The molecule has 0 aliphatic carbocycles. The SMILES string of the molecule is Cn1ccc(C(=O)N2C[C@@H](c3cccnc3)[C@@]3(C2)OCCN(Cc2ccsc2)C3=O)n1. The Balaban J connectivity index is 1.49. The van der Waals surface area contributed by atoms with Gasteiger partial charge in [-0.1, -0.05) is 6.07 Å². The van der Waals surface area contributed by atoms with Crippen molar-refractivity contribution in [2.45, 2.75) is 18.1 Å². The predicted molar refractivity (Wildman–Crippen MR) is 115 cm³/mol. The van der Waals surface area contributed by atoms with Gasteiger partial charge in [0.05, 0.1) is 13.2 Å². The zero-order valence-corrected chi connectivity index (χ0v) is 18.0. The van der Waals surface area contributed by atoms with E-state index in [1.807, 2.05) is 28.5 Å². The molecular weight excluding hydrogens is 414 g/mol. The van der Waals surface area contributed by atoms with Gasteiger partial charge in [-0.2, -0.15) is 16.4 Å². The van der Waals surface area contributed by atoms with E-state index in [0.29, 0.717) is 31.9 Å². The molecular formula is C22H23N5O3S.